The monoisotopic (exact) mass is 346 g/mol. The summed E-state index contributed by atoms with van der Waals surface area (Å²) in [6.45, 7) is 1.56. The summed E-state index contributed by atoms with van der Waals surface area (Å²) in [4.78, 5) is 13.3. The summed E-state index contributed by atoms with van der Waals surface area (Å²) in [5.74, 6) is 0.102. The summed E-state index contributed by atoms with van der Waals surface area (Å²) >= 11 is 2.01. The molecule has 130 valence electrons. The number of carboxylic acid groups (broad SMARTS) is 1. The van der Waals surface area contributed by atoms with Crippen molar-refractivity contribution in [1.82, 2.24) is 0 Å². The van der Waals surface area contributed by atoms with E-state index in [1.807, 2.05) is 11.8 Å². The van der Waals surface area contributed by atoms with Gasteiger partial charge in [0.2, 0.25) is 0 Å². The highest BCUT2D eigenvalue weighted by Gasteiger charge is 2.32. The van der Waals surface area contributed by atoms with E-state index in [4.69, 9.17) is 4.74 Å². The van der Waals surface area contributed by atoms with Crippen LogP contribution in [0.3, 0.4) is 0 Å². The number of thioether (sulfide) groups is 1. The third-order valence-corrected chi connectivity index (χ3v) is 6.91. The number of carboxylic acids is 1. The van der Waals surface area contributed by atoms with Crippen LogP contribution in [0.2, 0.25) is 0 Å². The van der Waals surface area contributed by atoms with Crippen molar-refractivity contribution in [3.8, 4) is 0 Å². The van der Waals surface area contributed by atoms with Crippen molar-refractivity contribution in [2.45, 2.75) is 66.9 Å². The van der Waals surface area contributed by atoms with Crippen molar-refractivity contribution in [3.63, 3.8) is 0 Å². The van der Waals surface area contributed by atoms with Gasteiger partial charge in [0, 0.05) is 23.4 Å². The summed E-state index contributed by atoms with van der Waals surface area (Å²) in [5, 5.41) is 10.6. The number of hydrogen-bond acceptors (Lipinski definition) is 3. The van der Waals surface area contributed by atoms with Gasteiger partial charge in [-0.3, -0.25) is 4.79 Å². The Labute approximate surface area is 148 Å². The molecule has 0 radical (unpaired) electrons. The van der Waals surface area contributed by atoms with Crippen LogP contribution in [0.5, 0.6) is 0 Å². The maximum absolute atomic E-state index is 11.9. The van der Waals surface area contributed by atoms with Crippen molar-refractivity contribution >= 4 is 17.7 Å². The minimum absolute atomic E-state index is 0.370. The van der Waals surface area contributed by atoms with Crippen molar-refractivity contribution in [1.29, 1.82) is 0 Å². The average molecular weight is 346 g/mol. The van der Waals surface area contributed by atoms with Gasteiger partial charge in [-0.05, 0) is 74.0 Å². The molecule has 4 rings (SSSR count). The molecule has 1 aliphatic heterocycles. The van der Waals surface area contributed by atoms with Crippen LogP contribution in [0.4, 0.5) is 0 Å². The van der Waals surface area contributed by atoms with Gasteiger partial charge >= 0.3 is 5.97 Å². The average Bonchev–Trinajstić information content (AvgIpc) is 3.47. The van der Waals surface area contributed by atoms with E-state index in [9.17, 15) is 9.90 Å². The van der Waals surface area contributed by atoms with E-state index in [1.54, 1.807) is 0 Å². The van der Waals surface area contributed by atoms with Gasteiger partial charge in [0.05, 0.1) is 5.92 Å². The zero-order valence-corrected chi connectivity index (χ0v) is 14.9. The van der Waals surface area contributed by atoms with Crippen molar-refractivity contribution in [3.05, 3.63) is 29.3 Å². The molecule has 1 aromatic rings. The molecule has 1 unspecified atom stereocenters. The number of carbonyl (C=O) groups is 1. The minimum Gasteiger partial charge on any atom is -0.481 e. The second-order valence-corrected chi connectivity index (χ2v) is 8.91. The predicted molar refractivity (Wildman–Crippen MR) is 95.8 cm³/mol. The van der Waals surface area contributed by atoms with Crippen LogP contribution in [-0.2, 0) is 9.53 Å². The summed E-state index contributed by atoms with van der Waals surface area (Å²) in [6, 6.07) is 6.50. The molecule has 3 aliphatic rings. The Morgan fingerprint density at radius 2 is 1.92 bits per heavy atom. The highest BCUT2D eigenvalue weighted by molar-refractivity contribution is 8.00. The van der Waals surface area contributed by atoms with Crippen LogP contribution in [0, 0.1) is 5.92 Å². The molecular formula is C20H26O3S. The van der Waals surface area contributed by atoms with E-state index in [-0.39, 0.29) is 5.92 Å². The maximum Gasteiger partial charge on any atom is 0.310 e. The molecule has 1 heterocycles. The summed E-state index contributed by atoms with van der Waals surface area (Å²) in [7, 11) is 0. The number of benzene rings is 1. The quantitative estimate of drug-likeness (QED) is 0.770. The van der Waals surface area contributed by atoms with Crippen molar-refractivity contribution in [2.75, 3.05) is 13.2 Å². The standard InChI is InChI=1S/C20H26O3S/c21-20(22)18(11-13-7-9-23-10-8-13)15-3-6-19(24-16-4-5-16)17(12-15)14-1-2-14/h3,6,12-14,16,18H,1-2,4-5,7-11H2,(H,21,22). The van der Waals surface area contributed by atoms with E-state index < -0.39 is 5.97 Å². The summed E-state index contributed by atoms with van der Waals surface area (Å²) in [6.07, 6.45) is 7.93. The fraction of sp³-hybridized carbons (Fsp3) is 0.650. The smallest absolute Gasteiger partial charge is 0.310 e. The highest BCUT2D eigenvalue weighted by Crippen LogP contribution is 2.49. The third-order valence-electron chi connectivity index (χ3n) is 5.48. The van der Waals surface area contributed by atoms with Crippen LogP contribution in [0.1, 0.15) is 67.9 Å². The van der Waals surface area contributed by atoms with Gasteiger partial charge in [-0.25, -0.2) is 0 Å². The van der Waals surface area contributed by atoms with Crippen LogP contribution in [0.15, 0.2) is 23.1 Å². The fourth-order valence-corrected chi connectivity index (χ4v) is 4.90. The minimum atomic E-state index is -0.675. The van der Waals surface area contributed by atoms with Gasteiger partial charge in [0.1, 0.15) is 0 Å². The molecule has 2 aliphatic carbocycles. The first-order valence-corrected chi connectivity index (χ1v) is 10.2. The molecule has 0 amide bonds. The second-order valence-electron chi connectivity index (χ2n) is 7.57. The SMILES string of the molecule is O=C(O)C(CC1CCOCC1)c1ccc(SC2CC2)c(C2CC2)c1. The molecule has 1 saturated heterocycles. The molecule has 1 aromatic carbocycles. The van der Waals surface area contributed by atoms with E-state index in [2.05, 4.69) is 18.2 Å². The number of rotatable bonds is 7. The van der Waals surface area contributed by atoms with Crippen molar-refractivity contribution < 1.29 is 14.6 Å². The Balaban J connectivity index is 1.55. The molecule has 3 nitrogen and oxygen atoms in total. The molecule has 4 heteroatoms. The van der Waals surface area contributed by atoms with E-state index >= 15 is 0 Å². The Bertz CT molecular complexity index is 601. The Morgan fingerprint density at radius 1 is 1.17 bits per heavy atom. The third kappa shape index (κ3) is 3.97. The highest BCUT2D eigenvalue weighted by atomic mass is 32.2. The van der Waals surface area contributed by atoms with E-state index in [0.717, 1.165) is 43.3 Å². The molecule has 0 bridgehead atoms. The largest absolute Gasteiger partial charge is 0.481 e. The second kappa shape index (κ2) is 7.09. The topological polar surface area (TPSA) is 46.5 Å². The first kappa shape index (κ1) is 16.5. The lowest BCUT2D eigenvalue weighted by atomic mass is 9.84. The van der Waals surface area contributed by atoms with Crippen LogP contribution >= 0.6 is 11.8 Å². The maximum atomic E-state index is 11.9. The van der Waals surface area contributed by atoms with Crippen LogP contribution < -0.4 is 0 Å². The molecular weight excluding hydrogens is 320 g/mol. The van der Waals surface area contributed by atoms with Gasteiger partial charge in [-0.1, -0.05) is 12.1 Å². The number of ether oxygens (including phenoxy) is 1. The lowest BCUT2D eigenvalue weighted by molar-refractivity contribution is -0.139. The van der Waals surface area contributed by atoms with E-state index in [1.165, 1.54) is 36.1 Å². The van der Waals surface area contributed by atoms with Gasteiger partial charge in [-0.15, -0.1) is 11.8 Å². The molecule has 1 atom stereocenters. The van der Waals surface area contributed by atoms with Crippen molar-refractivity contribution in [2.24, 2.45) is 5.92 Å². The Morgan fingerprint density at radius 3 is 2.54 bits per heavy atom. The molecule has 1 N–H and O–H groups in total. The number of aliphatic carboxylic acids is 1. The van der Waals surface area contributed by atoms with Gasteiger partial charge in [-0.2, -0.15) is 0 Å². The molecule has 3 fully saturated rings. The van der Waals surface area contributed by atoms with E-state index in [0.29, 0.717) is 11.8 Å². The summed E-state index contributed by atoms with van der Waals surface area (Å²) < 4.78 is 5.41. The summed E-state index contributed by atoms with van der Waals surface area (Å²) in [5.41, 5.74) is 2.43. The van der Waals surface area contributed by atoms with Crippen LogP contribution in [-0.4, -0.2) is 29.5 Å². The zero-order chi connectivity index (χ0) is 16.5. The Kier molecular flexibility index (Phi) is 4.86. The molecule has 0 aromatic heterocycles. The lowest BCUT2D eigenvalue weighted by Crippen LogP contribution is -2.21. The van der Waals surface area contributed by atoms with Gasteiger partial charge in [0.15, 0.2) is 0 Å². The molecule has 2 saturated carbocycles. The zero-order valence-electron chi connectivity index (χ0n) is 14.1. The number of hydrogen-bond donors (Lipinski definition) is 1. The van der Waals surface area contributed by atoms with Gasteiger partial charge < -0.3 is 9.84 Å². The fourth-order valence-electron chi connectivity index (χ4n) is 3.66. The molecule has 24 heavy (non-hydrogen) atoms. The van der Waals surface area contributed by atoms with Crippen LogP contribution in [0.25, 0.3) is 0 Å². The lowest BCUT2D eigenvalue weighted by Gasteiger charge is -2.25. The Hall–Kier alpha value is -1.00. The normalized spacial score (nSPS) is 23.2. The van der Waals surface area contributed by atoms with Gasteiger partial charge in [0.25, 0.3) is 0 Å². The first-order chi connectivity index (χ1) is 11.7. The molecule has 0 spiro atoms. The predicted octanol–water partition coefficient (Wildman–Crippen LogP) is 4.80. The first-order valence-electron chi connectivity index (χ1n) is 9.31.